The van der Waals surface area contributed by atoms with Gasteiger partial charge in [-0.05, 0) is 113 Å². The molecule has 2 atom stereocenters. The molecule has 1 aromatic rings. The average Bonchev–Trinajstić information content (AvgIpc) is 2.97. The molecule has 4 nitrogen and oxygen atoms in total. The number of rotatable bonds is 13. The van der Waals surface area contributed by atoms with Gasteiger partial charge >= 0.3 is 0 Å². The zero-order valence-corrected chi connectivity index (χ0v) is 31.1. The maximum atomic E-state index is 11.5. The Morgan fingerprint density at radius 1 is 0.915 bits per heavy atom. The van der Waals surface area contributed by atoms with E-state index in [1.807, 2.05) is 13.2 Å². The van der Waals surface area contributed by atoms with E-state index in [1.165, 1.54) is 53.5 Å². The minimum atomic E-state index is -0.554. The topological polar surface area (TPSA) is 56.4 Å². The predicted octanol–water partition coefficient (Wildman–Crippen LogP) is 9.39. The van der Waals surface area contributed by atoms with Crippen LogP contribution < -0.4 is 9.88 Å². The van der Waals surface area contributed by atoms with Gasteiger partial charge in [-0.3, -0.25) is 0 Å². The molecule has 0 radical (unpaired) electrons. The number of aliphatic hydroxyl groups excluding tert-OH is 2. The van der Waals surface area contributed by atoms with Crippen LogP contribution in [0.5, 0.6) is 0 Å². The van der Waals surface area contributed by atoms with E-state index in [1.54, 1.807) is 0 Å². The second kappa shape index (κ2) is 17.4. The first-order chi connectivity index (χ1) is 22.2. The first-order valence-electron chi connectivity index (χ1n) is 17.7. The monoisotopic (exact) mass is 639 g/mol. The second-order valence-corrected chi connectivity index (χ2v) is 15.1. The molecular formula is C43H63N2O2+. The Morgan fingerprint density at radius 2 is 1.60 bits per heavy atom. The third-order valence-electron chi connectivity index (χ3n) is 10.2. The maximum Gasteiger partial charge on any atom is 0.206 e. The number of aliphatic hydroxyl groups is 2. The van der Waals surface area contributed by atoms with Gasteiger partial charge in [-0.15, -0.1) is 0 Å². The summed E-state index contributed by atoms with van der Waals surface area (Å²) in [5.41, 5.74) is 11.4. The van der Waals surface area contributed by atoms with Gasteiger partial charge in [-0.1, -0.05) is 98.6 Å². The summed E-state index contributed by atoms with van der Waals surface area (Å²) in [6.45, 7) is 20.7. The average molecular weight is 640 g/mol. The molecule has 0 amide bonds. The van der Waals surface area contributed by atoms with Crippen LogP contribution >= 0.6 is 0 Å². The zero-order valence-electron chi connectivity index (χ0n) is 31.1. The lowest BCUT2D eigenvalue weighted by atomic mass is 9.69. The van der Waals surface area contributed by atoms with Crippen molar-refractivity contribution < 1.29 is 14.8 Å². The molecule has 2 aliphatic rings. The Bertz CT molecular complexity index is 1490. The van der Waals surface area contributed by atoms with Gasteiger partial charge < -0.3 is 15.5 Å². The van der Waals surface area contributed by atoms with E-state index in [0.717, 1.165) is 35.2 Å². The van der Waals surface area contributed by atoms with Gasteiger partial charge in [0.15, 0.2) is 12.7 Å². The van der Waals surface area contributed by atoms with Crippen LogP contribution in [0.4, 0.5) is 0 Å². The highest BCUT2D eigenvalue weighted by atomic mass is 16.3. The molecular weight excluding hydrogens is 576 g/mol. The number of likely N-dealkylation sites (N-methyl/N-ethyl adjacent to an activating group) is 1. The molecule has 1 heterocycles. The maximum absolute atomic E-state index is 11.5. The van der Waals surface area contributed by atoms with E-state index in [2.05, 4.69) is 139 Å². The van der Waals surface area contributed by atoms with E-state index in [4.69, 9.17) is 0 Å². The van der Waals surface area contributed by atoms with Gasteiger partial charge in [0.25, 0.3) is 0 Å². The van der Waals surface area contributed by atoms with Gasteiger partial charge in [0, 0.05) is 18.2 Å². The van der Waals surface area contributed by atoms with Crippen molar-refractivity contribution in [3.63, 3.8) is 0 Å². The van der Waals surface area contributed by atoms with Gasteiger partial charge in [0.2, 0.25) is 5.69 Å². The molecule has 0 spiro atoms. The van der Waals surface area contributed by atoms with Crippen molar-refractivity contribution in [2.75, 3.05) is 13.7 Å². The Morgan fingerprint density at radius 3 is 2.23 bits per heavy atom. The van der Waals surface area contributed by atoms with E-state index in [0.29, 0.717) is 6.54 Å². The van der Waals surface area contributed by atoms with Crippen molar-refractivity contribution in [1.29, 1.82) is 0 Å². The third kappa shape index (κ3) is 10.7. The highest BCUT2D eigenvalue weighted by Gasteiger charge is 2.36. The van der Waals surface area contributed by atoms with E-state index in [-0.39, 0.29) is 23.5 Å². The van der Waals surface area contributed by atoms with Crippen LogP contribution in [0, 0.1) is 10.8 Å². The standard InChI is InChI=1S/C43H63N2O2/c1-31(21-22-38-33(3)18-13-24-42(38,6)7)15-11-16-32(2)29-37-30-36(23-26-45(37)27-28-46)20-12-17-35(5)40(44-10)41(47)39-34(4)19-14-25-43(39,8)9/h11-12,15-17,20-23,26,29-30,40-41,44,46-47H,13-14,18-19,24-25,27-28H2,1-10H3/q+1/b16-11+,20-12+,22-21+,31-15+,32-29+,35-17+. The van der Waals surface area contributed by atoms with Gasteiger partial charge in [-0.2, -0.15) is 4.57 Å². The van der Waals surface area contributed by atoms with Crippen molar-refractivity contribution in [1.82, 2.24) is 5.32 Å². The second-order valence-electron chi connectivity index (χ2n) is 15.1. The molecule has 2 unspecified atom stereocenters. The SMILES string of the molecule is CNC(/C(C)=C/C=C/c1cc[n+](CCO)c(/C=C(C)/C=C/C=C(C)/C=C/C2=C(C)CCCC2(C)C)c1)C(O)C1=C(C)CCCC1(C)C. The zero-order chi connectivity index (χ0) is 34.8. The van der Waals surface area contributed by atoms with Crippen molar-refractivity contribution >= 4 is 12.2 Å². The Hall–Kier alpha value is -3.05. The fourth-order valence-corrected chi connectivity index (χ4v) is 7.53. The number of nitrogens with zero attached hydrogens (tertiary/aromatic N) is 1. The Kier molecular flexibility index (Phi) is 14.2. The molecule has 0 aromatic carbocycles. The van der Waals surface area contributed by atoms with E-state index >= 15 is 0 Å². The van der Waals surface area contributed by atoms with Crippen LogP contribution in [0.2, 0.25) is 0 Å². The molecule has 0 aliphatic heterocycles. The van der Waals surface area contributed by atoms with E-state index < -0.39 is 6.10 Å². The molecule has 0 saturated heterocycles. The number of nitrogens with one attached hydrogen (secondary N) is 1. The van der Waals surface area contributed by atoms with Crippen molar-refractivity contribution in [2.45, 2.75) is 120 Å². The third-order valence-corrected chi connectivity index (χ3v) is 10.2. The summed E-state index contributed by atoms with van der Waals surface area (Å²) >= 11 is 0. The van der Waals surface area contributed by atoms with Crippen molar-refractivity contribution in [2.24, 2.45) is 10.8 Å². The Labute approximate surface area is 286 Å². The van der Waals surface area contributed by atoms with Gasteiger partial charge in [0.05, 0.1) is 12.1 Å². The first kappa shape index (κ1) is 38.4. The summed E-state index contributed by atoms with van der Waals surface area (Å²) in [5, 5.41) is 24.6. The van der Waals surface area contributed by atoms with Crippen LogP contribution in [-0.4, -0.2) is 36.0 Å². The molecule has 4 heteroatoms. The number of hydrogen-bond donors (Lipinski definition) is 3. The Balaban J connectivity index is 1.76. The molecule has 0 saturated carbocycles. The van der Waals surface area contributed by atoms with Crippen LogP contribution in [0.25, 0.3) is 12.2 Å². The smallest absolute Gasteiger partial charge is 0.206 e. The quantitative estimate of drug-likeness (QED) is 0.115. The van der Waals surface area contributed by atoms with Crippen LogP contribution in [0.1, 0.15) is 112 Å². The lowest BCUT2D eigenvalue weighted by molar-refractivity contribution is -0.699. The van der Waals surface area contributed by atoms with Crippen LogP contribution in [0.3, 0.4) is 0 Å². The minimum absolute atomic E-state index is 0.00749. The lowest BCUT2D eigenvalue weighted by Gasteiger charge is -2.40. The summed E-state index contributed by atoms with van der Waals surface area (Å²) < 4.78 is 2.08. The molecule has 3 rings (SSSR count). The predicted molar refractivity (Wildman–Crippen MR) is 202 cm³/mol. The van der Waals surface area contributed by atoms with E-state index in [9.17, 15) is 10.2 Å². The molecule has 0 bridgehead atoms. The summed E-state index contributed by atoms with van der Waals surface area (Å²) in [4.78, 5) is 0. The molecule has 2 aliphatic carbocycles. The number of pyridine rings is 1. The first-order valence-corrected chi connectivity index (χ1v) is 17.7. The highest BCUT2D eigenvalue weighted by molar-refractivity contribution is 5.57. The molecule has 3 N–H and O–H groups in total. The summed E-state index contributed by atoms with van der Waals surface area (Å²) in [5.74, 6) is 0. The van der Waals surface area contributed by atoms with Gasteiger partial charge in [-0.25, -0.2) is 0 Å². The molecule has 0 fully saturated rings. The molecule has 256 valence electrons. The van der Waals surface area contributed by atoms with Gasteiger partial charge in [0.1, 0.15) is 6.61 Å². The summed E-state index contributed by atoms with van der Waals surface area (Å²) in [7, 11) is 1.93. The fourth-order valence-electron chi connectivity index (χ4n) is 7.53. The normalized spacial score (nSPS) is 21.1. The molecule has 1 aromatic heterocycles. The summed E-state index contributed by atoms with van der Waals surface area (Å²) in [6, 6.07) is 4.08. The highest BCUT2D eigenvalue weighted by Crippen LogP contribution is 2.43. The number of aromatic nitrogens is 1. The molecule has 47 heavy (non-hydrogen) atoms. The van der Waals surface area contributed by atoms with Crippen LogP contribution in [-0.2, 0) is 6.54 Å². The van der Waals surface area contributed by atoms with Crippen molar-refractivity contribution in [3.8, 4) is 0 Å². The largest absolute Gasteiger partial charge is 0.390 e. The van der Waals surface area contributed by atoms with Crippen LogP contribution in [0.15, 0.2) is 99.9 Å². The number of allylic oxidation sites excluding steroid dienone is 12. The summed E-state index contributed by atoms with van der Waals surface area (Å²) in [6.07, 6.45) is 28.0. The lowest BCUT2D eigenvalue weighted by Crippen LogP contribution is -2.44. The number of hydrogen-bond acceptors (Lipinski definition) is 3. The van der Waals surface area contributed by atoms with Crippen molar-refractivity contribution in [3.05, 3.63) is 111 Å². The fraction of sp³-hybridized carbons (Fsp3) is 0.512. The minimum Gasteiger partial charge on any atom is -0.390 e.